The average molecular weight is 327 g/mol. The topological polar surface area (TPSA) is 55.1 Å². The highest BCUT2D eigenvalue weighted by Crippen LogP contribution is 2.10. The van der Waals surface area contributed by atoms with E-state index in [-0.39, 0.29) is 5.91 Å². The molecule has 3 N–H and O–H groups in total. The molecule has 0 fully saturated rings. The van der Waals surface area contributed by atoms with Crippen molar-refractivity contribution in [2.45, 2.75) is 110 Å². The molecular formula is C20H42N2O. The Morgan fingerprint density at radius 3 is 1.74 bits per heavy atom. The summed E-state index contributed by atoms with van der Waals surface area (Å²) in [4.78, 5) is 11.6. The Kier molecular flexibility index (Phi) is 19.0. The van der Waals surface area contributed by atoms with Gasteiger partial charge in [0.1, 0.15) is 0 Å². The molecule has 0 radical (unpaired) electrons. The molecule has 0 saturated heterocycles. The van der Waals surface area contributed by atoms with Gasteiger partial charge in [0.25, 0.3) is 0 Å². The van der Waals surface area contributed by atoms with E-state index in [2.05, 4.69) is 12.2 Å². The second-order valence-corrected chi connectivity index (χ2v) is 6.84. The molecule has 0 aliphatic carbocycles. The Labute approximate surface area is 145 Å². The van der Waals surface area contributed by atoms with Crippen molar-refractivity contribution in [3.05, 3.63) is 0 Å². The van der Waals surface area contributed by atoms with Gasteiger partial charge < -0.3 is 11.1 Å². The van der Waals surface area contributed by atoms with Crippen molar-refractivity contribution in [3.63, 3.8) is 0 Å². The van der Waals surface area contributed by atoms with Gasteiger partial charge in [0.2, 0.25) is 5.91 Å². The van der Waals surface area contributed by atoms with E-state index in [0.717, 1.165) is 25.9 Å². The average Bonchev–Trinajstić information content (AvgIpc) is 2.55. The number of rotatable bonds is 18. The maximum absolute atomic E-state index is 11.6. The highest BCUT2D eigenvalue weighted by Gasteiger charge is 2.00. The lowest BCUT2D eigenvalue weighted by molar-refractivity contribution is -0.121. The maximum atomic E-state index is 11.6. The molecule has 1 amide bonds. The molecule has 0 unspecified atom stereocenters. The lowest BCUT2D eigenvalue weighted by Crippen LogP contribution is -2.23. The van der Waals surface area contributed by atoms with Gasteiger partial charge in [0, 0.05) is 13.0 Å². The summed E-state index contributed by atoms with van der Waals surface area (Å²) in [5.74, 6) is 0.249. The minimum atomic E-state index is 0.249. The van der Waals surface area contributed by atoms with Crippen molar-refractivity contribution in [1.29, 1.82) is 0 Å². The number of nitrogens with two attached hydrogens (primary N) is 1. The molecule has 0 heterocycles. The molecule has 0 aliphatic heterocycles. The molecule has 0 aliphatic rings. The smallest absolute Gasteiger partial charge is 0.219 e. The summed E-state index contributed by atoms with van der Waals surface area (Å²) in [5, 5.41) is 3.06. The van der Waals surface area contributed by atoms with Gasteiger partial charge in [-0.1, -0.05) is 84.0 Å². The van der Waals surface area contributed by atoms with Crippen molar-refractivity contribution in [2.75, 3.05) is 13.1 Å². The molecule has 0 rings (SSSR count). The third kappa shape index (κ3) is 19.4. The van der Waals surface area contributed by atoms with Crippen molar-refractivity contribution < 1.29 is 4.79 Å². The van der Waals surface area contributed by atoms with Crippen molar-refractivity contribution in [2.24, 2.45) is 5.73 Å². The molecule has 0 saturated carbocycles. The minimum Gasteiger partial charge on any atom is -0.356 e. The SMILES string of the molecule is CCCCCCCC(=O)NCCCCCCCCCCCCN. The van der Waals surface area contributed by atoms with Crippen LogP contribution in [-0.2, 0) is 4.79 Å². The van der Waals surface area contributed by atoms with Crippen LogP contribution in [0, 0.1) is 0 Å². The van der Waals surface area contributed by atoms with Crippen LogP contribution < -0.4 is 11.1 Å². The third-order valence-electron chi connectivity index (χ3n) is 4.46. The van der Waals surface area contributed by atoms with Crippen molar-refractivity contribution >= 4 is 5.91 Å². The van der Waals surface area contributed by atoms with E-state index in [4.69, 9.17) is 5.73 Å². The van der Waals surface area contributed by atoms with E-state index in [0.29, 0.717) is 6.42 Å². The van der Waals surface area contributed by atoms with E-state index in [1.807, 2.05) is 0 Å². The molecule has 0 aromatic rings. The van der Waals surface area contributed by atoms with E-state index in [1.54, 1.807) is 0 Å². The summed E-state index contributed by atoms with van der Waals surface area (Å²) >= 11 is 0. The van der Waals surface area contributed by atoms with Gasteiger partial charge in [-0.05, 0) is 25.8 Å². The number of hydrogen-bond donors (Lipinski definition) is 2. The normalized spacial score (nSPS) is 10.9. The number of carbonyl (C=O) groups is 1. The van der Waals surface area contributed by atoms with Gasteiger partial charge in [0.05, 0.1) is 0 Å². The quantitative estimate of drug-likeness (QED) is 0.335. The number of nitrogens with one attached hydrogen (secondary N) is 1. The molecule has 0 bridgehead atoms. The largest absolute Gasteiger partial charge is 0.356 e. The molecular weight excluding hydrogens is 284 g/mol. The first-order valence-corrected chi connectivity index (χ1v) is 10.3. The van der Waals surface area contributed by atoms with Gasteiger partial charge in [-0.2, -0.15) is 0 Å². The molecule has 23 heavy (non-hydrogen) atoms. The molecule has 3 nitrogen and oxygen atoms in total. The second kappa shape index (κ2) is 19.5. The Bertz CT molecular complexity index is 244. The fourth-order valence-corrected chi connectivity index (χ4v) is 2.89. The Hall–Kier alpha value is -0.570. The van der Waals surface area contributed by atoms with Crippen LogP contribution in [-0.4, -0.2) is 19.0 Å². The van der Waals surface area contributed by atoms with E-state index in [9.17, 15) is 4.79 Å². The first kappa shape index (κ1) is 22.4. The van der Waals surface area contributed by atoms with Crippen molar-refractivity contribution in [1.82, 2.24) is 5.32 Å². The minimum absolute atomic E-state index is 0.249. The van der Waals surface area contributed by atoms with Crippen LogP contribution in [0.25, 0.3) is 0 Å². The van der Waals surface area contributed by atoms with Crippen LogP contribution in [0.1, 0.15) is 110 Å². The summed E-state index contributed by atoms with van der Waals surface area (Å²) < 4.78 is 0. The monoisotopic (exact) mass is 326 g/mol. The summed E-state index contributed by atoms with van der Waals surface area (Å²) in [7, 11) is 0. The van der Waals surface area contributed by atoms with Gasteiger partial charge >= 0.3 is 0 Å². The van der Waals surface area contributed by atoms with Gasteiger partial charge in [-0.25, -0.2) is 0 Å². The van der Waals surface area contributed by atoms with E-state index in [1.165, 1.54) is 83.5 Å². The van der Waals surface area contributed by atoms with Crippen LogP contribution in [0.5, 0.6) is 0 Å². The second-order valence-electron chi connectivity index (χ2n) is 6.84. The van der Waals surface area contributed by atoms with Gasteiger partial charge in [0.15, 0.2) is 0 Å². The van der Waals surface area contributed by atoms with Crippen LogP contribution >= 0.6 is 0 Å². The molecule has 0 atom stereocenters. The first-order chi connectivity index (χ1) is 11.3. The van der Waals surface area contributed by atoms with Crippen molar-refractivity contribution in [3.8, 4) is 0 Å². The summed E-state index contributed by atoms with van der Waals surface area (Å²) in [6.45, 7) is 3.93. The van der Waals surface area contributed by atoms with Crippen LogP contribution in [0.2, 0.25) is 0 Å². The maximum Gasteiger partial charge on any atom is 0.219 e. The van der Waals surface area contributed by atoms with Crippen LogP contribution in [0.4, 0.5) is 0 Å². The zero-order valence-electron chi connectivity index (χ0n) is 15.7. The fraction of sp³-hybridized carbons (Fsp3) is 0.950. The Morgan fingerprint density at radius 2 is 1.17 bits per heavy atom. The Morgan fingerprint density at radius 1 is 0.696 bits per heavy atom. The number of unbranched alkanes of at least 4 members (excludes halogenated alkanes) is 13. The van der Waals surface area contributed by atoms with E-state index >= 15 is 0 Å². The molecule has 138 valence electrons. The first-order valence-electron chi connectivity index (χ1n) is 10.3. The molecule has 3 heteroatoms. The molecule has 0 aromatic carbocycles. The lowest BCUT2D eigenvalue weighted by atomic mass is 10.1. The summed E-state index contributed by atoms with van der Waals surface area (Å²) in [6, 6.07) is 0. The van der Waals surface area contributed by atoms with Crippen LogP contribution in [0.3, 0.4) is 0 Å². The fourth-order valence-electron chi connectivity index (χ4n) is 2.89. The summed E-state index contributed by atoms with van der Waals surface area (Å²) in [5.41, 5.74) is 5.48. The lowest BCUT2D eigenvalue weighted by Gasteiger charge is -2.05. The predicted octanol–water partition coefficient (Wildman–Crippen LogP) is 5.32. The predicted molar refractivity (Wildman–Crippen MR) is 102 cm³/mol. The zero-order valence-corrected chi connectivity index (χ0v) is 15.7. The van der Waals surface area contributed by atoms with Gasteiger partial charge in [-0.3, -0.25) is 4.79 Å². The molecule has 0 spiro atoms. The highest BCUT2D eigenvalue weighted by molar-refractivity contribution is 5.75. The number of amides is 1. The zero-order chi connectivity index (χ0) is 17.0. The third-order valence-corrected chi connectivity index (χ3v) is 4.46. The summed E-state index contributed by atoms with van der Waals surface area (Å²) in [6.07, 6.45) is 19.8. The van der Waals surface area contributed by atoms with E-state index < -0.39 is 0 Å². The Balaban J connectivity index is 3.10. The highest BCUT2D eigenvalue weighted by atomic mass is 16.1. The standard InChI is InChI=1S/C20H42N2O/c1-2-3-4-11-14-17-20(23)22-19-16-13-10-8-6-5-7-9-12-15-18-21/h2-19,21H2,1H3,(H,22,23). The van der Waals surface area contributed by atoms with Crippen LogP contribution in [0.15, 0.2) is 0 Å². The van der Waals surface area contributed by atoms with Gasteiger partial charge in [-0.15, -0.1) is 0 Å². The number of carbonyl (C=O) groups excluding carboxylic acids is 1. The number of hydrogen-bond acceptors (Lipinski definition) is 2. The molecule has 0 aromatic heterocycles.